The van der Waals surface area contributed by atoms with Crippen LogP contribution in [0.3, 0.4) is 0 Å². The number of piperazine rings is 1. The summed E-state index contributed by atoms with van der Waals surface area (Å²) in [4.78, 5) is 41.3. The van der Waals surface area contributed by atoms with Gasteiger partial charge in [-0.05, 0) is 62.8 Å². The molecule has 2 atom stereocenters. The second kappa shape index (κ2) is 9.26. The monoisotopic (exact) mass is 487 g/mol. The van der Waals surface area contributed by atoms with E-state index in [4.69, 9.17) is 0 Å². The lowest BCUT2D eigenvalue weighted by molar-refractivity contribution is -0.141. The van der Waals surface area contributed by atoms with Crippen molar-refractivity contribution in [3.05, 3.63) is 40.5 Å². The number of rotatable bonds is 5. The van der Waals surface area contributed by atoms with Gasteiger partial charge in [0.25, 0.3) is 0 Å². The van der Waals surface area contributed by atoms with Gasteiger partial charge < -0.3 is 4.90 Å². The Labute approximate surface area is 201 Å². The standard InChI is InChI=1S/C25H33N3O5S/c1-16-15-17(2)19(4)23(18(16)3)34(32,33)27-13-11-26(12-14-27)22(29)9-10-28-24(30)20-7-5-6-8-21(20)25(28)31/h5-6,15,20-21H,7-14H2,1-4H3/t20-,21+. The summed E-state index contributed by atoms with van der Waals surface area (Å²) in [7, 11) is -3.68. The number of hydrogen-bond acceptors (Lipinski definition) is 5. The van der Waals surface area contributed by atoms with Crippen molar-refractivity contribution in [2.24, 2.45) is 11.8 Å². The zero-order valence-corrected chi connectivity index (χ0v) is 21.2. The summed E-state index contributed by atoms with van der Waals surface area (Å²) in [5, 5.41) is 0. The number of carbonyl (C=O) groups is 3. The Balaban J connectivity index is 1.37. The Kier molecular flexibility index (Phi) is 6.70. The van der Waals surface area contributed by atoms with Crippen LogP contribution in [0.1, 0.15) is 41.5 Å². The van der Waals surface area contributed by atoms with Crippen molar-refractivity contribution in [1.82, 2.24) is 14.1 Å². The van der Waals surface area contributed by atoms with Crippen molar-refractivity contribution in [2.75, 3.05) is 32.7 Å². The quantitative estimate of drug-likeness (QED) is 0.468. The van der Waals surface area contributed by atoms with E-state index in [9.17, 15) is 22.8 Å². The summed E-state index contributed by atoms with van der Waals surface area (Å²) in [5.41, 5.74) is 3.41. The molecule has 34 heavy (non-hydrogen) atoms. The first kappa shape index (κ1) is 24.6. The van der Waals surface area contributed by atoms with Gasteiger partial charge in [-0.15, -0.1) is 0 Å². The van der Waals surface area contributed by atoms with E-state index < -0.39 is 10.0 Å². The molecule has 0 N–H and O–H groups in total. The average molecular weight is 488 g/mol. The van der Waals surface area contributed by atoms with Crippen LogP contribution < -0.4 is 0 Å². The zero-order valence-electron chi connectivity index (χ0n) is 20.3. The molecule has 184 valence electrons. The number of aryl methyl sites for hydroxylation is 2. The lowest BCUT2D eigenvalue weighted by Crippen LogP contribution is -2.51. The molecular formula is C25H33N3O5S. The molecule has 0 unspecified atom stereocenters. The number of allylic oxidation sites excluding steroid dienone is 2. The summed E-state index contributed by atoms with van der Waals surface area (Å²) in [6.07, 6.45) is 5.10. The molecule has 0 radical (unpaired) electrons. The highest BCUT2D eigenvalue weighted by Gasteiger charge is 2.47. The topological polar surface area (TPSA) is 95.1 Å². The maximum absolute atomic E-state index is 13.4. The predicted molar refractivity (Wildman–Crippen MR) is 127 cm³/mol. The highest BCUT2D eigenvalue weighted by atomic mass is 32.2. The summed E-state index contributed by atoms with van der Waals surface area (Å²) in [5.74, 6) is -1.11. The molecule has 0 saturated carbocycles. The smallest absolute Gasteiger partial charge is 0.243 e. The largest absolute Gasteiger partial charge is 0.340 e. The number of hydrogen-bond donors (Lipinski definition) is 0. The van der Waals surface area contributed by atoms with Gasteiger partial charge in [-0.3, -0.25) is 19.3 Å². The number of carbonyl (C=O) groups excluding carboxylic acids is 3. The van der Waals surface area contributed by atoms with Crippen molar-refractivity contribution in [2.45, 2.75) is 51.9 Å². The molecule has 9 heteroatoms. The summed E-state index contributed by atoms with van der Waals surface area (Å²) >= 11 is 0. The second-order valence-electron chi connectivity index (χ2n) is 9.61. The molecule has 3 aliphatic rings. The third-order valence-electron chi connectivity index (χ3n) is 7.63. The van der Waals surface area contributed by atoms with E-state index >= 15 is 0 Å². The van der Waals surface area contributed by atoms with E-state index in [2.05, 4.69) is 0 Å². The molecule has 3 amide bonds. The van der Waals surface area contributed by atoms with Crippen LogP contribution >= 0.6 is 0 Å². The molecule has 8 nitrogen and oxygen atoms in total. The predicted octanol–water partition coefficient (Wildman–Crippen LogP) is 2.09. The molecule has 4 rings (SSSR count). The number of likely N-dealkylation sites (tertiary alicyclic amines) is 1. The van der Waals surface area contributed by atoms with E-state index in [1.807, 2.05) is 45.9 Å². The minimum atomic E-state index is -3.68. The first-order valence-corrected chi connectivity index (χ1v) is 13.3. The molecule has 0 spiro atoms. The van der Waals surface area contributed by atoms with Crippen molar-refractivity contribution in [1.29, 1.82) is 0 Å². The Morgan fingerprint density at radius 2 is 1.38 bits per heavy atom. The van der Waals surface area contributed by atoms with E-state index in [0.717, 1.165) is 22.3 Å². The van der Waals surface area contributed by atoms with Crippen LogP contribution in [0.15, 0.2) is 23.1 Å². The third-order valence-corrected chi connectivity index (χ3v) is 9.81. The van der Waals surface area contributed by atoms with E-state index in [-0.39, 0.29) is 68.7 Å². The maximum atomic E-state index is 13.4. The van der Waals surface area contributed by atoms with E-state index in [1.165, 1.54) is 9.21 Å². The van der Waals surface area contributed by atoms with E-state index in [1.54, 1.807) is 4.90 Å². The number of imide groups is 1. The Bertz CT molecular complexity index is 1110. The highest BCUT2D eigenvalue weighted by molar-refractivity contribution is 7.89. The lowest BCUT2D eigenvalue weighted by atomic mass is 9.85. The van der Waals surface area contributed by atoms with Crippen LogP contribution in [0.25, 0.3) is 0 Å². The third kappa shape index (κ3) is 4.20. The van der Waals surface area contributed by atoms with Crippen molar-refractivity contribution in [3.8, 4) is 0 Å². The van der Waals surface area contributed by atoms with Gasteiger partial charge in [-0.25, -0.2) is 8.42 Å². The fraction of sp³-hybridized carbons (Fsp3) is 0.560. The fourth-order valence-electron chi connectivity index (χ4n) is 5.33. The van der Waals surface area contributed by atoms with Gasteiger partial charge in [0.1, 0.15) is 0 Å². The van der Waals surface area contributed by atoms with Gasteiger partial charge in [0.05, 0.1) is 16.7 Å². The van der Waals surface area contributed by atoms with Crippen LogP contribution in [0.2, 0.25) is 0 Å². The van der Waals surface area contributed by atoms with Gasteiger partial charge in [-0.2, -0.15) is 4.31 Å². The minimum absolute atomic E-state index is 0.0619. The van der Waals surface area contributed by atoms with Gasteiger partial charge in [0.15, 0.2) is 0 Å². The van der Waals surface area contributed by atoms with Crippen molar-refractivity contribution in [3.63, 3.8) is 0 Å². The number of sulfonamides is 1. The Hall–Kier alpha value is -2.52. The zero-order chi connectivity index (χ0) is 24.8. The van der Waals surface area contributed by atoms with Crippen LogP contribution in [-0.2, 0) is 24.4 Å². The van der Waals surface area contributed by atoms with Crippen molar-refractivity contribution < 1.29 is 22.8 Å². The lowest BCUT2D eigenvalue weighted by Gasteiger charge is -2.35. The molecule has 2 fully saturated rings. The van der Waals surface area contributed by atoms with Crippen LogP contribution in [-0.4, -0.2) is 73.0 Å². The fourth-order valence-corrected chi connectivity index (χ4v) is 7.33. The molecule has 0 bridgehead atoms. The molecule has 2 heterocycles. The van der Waals surface area contributed by atoms with Crippen LogP contribution in [0.5, 0.6) is 0 Å². The summed E-state index contributed by atoms with van der Waals surface area (Å²) < 4.78 is 28.3. The molecule has 0 aromatic heterocycles. The Morgan fingerprint density at radius 3 is 1.88 bits per heavy atom. The highest BCUT2D eigenvalue weighted by Crippen LogP contribution is 2.35. The Morgan fingerprint density at radius 1 is 0.882 bits per heavy atom. The van der Waals surface area contributed by atoms with Gasteiger partial charge in [0, 0.05) is 39.1 Å². The van der Waals surface area contributed by atoms with Crippen LogP contribution in [0, 0.1) is 39.5 Å². The summed E-state index contributed by atoms with van der Waals surface area (Å²) in [6.45, 7) is 8.61. The van der Waals surface area contributed by atoms with Crippen molar-refractivity contribution >= 4 is 27.7 Å². The average Bonchev–Trinajstić information content (AvgIpc) is 3.06. The number of nitrogens with zero attached hydrogens (tertiary/aromatic N) is 3. The second-order valence-corrected chi connectivity index (χ2v) is 11.5. The van der Waals surface area contributed by atoms with Gasteiger partial charge in [-0.1, -0.05) is 18.2 Å². The SMILES string of the molecule is Cc1cc(C)c(C)c(S(=O)(=O)N2CCN(C(=O)CCN3C(=O)[C@H]4CC=CC[C@H]4C3=O)CC2)c1C. The normalized spacial score (nSPS) is 23.5. The van der Waals surface area contributed by atoms with Gasteiger partial charge in [0.2, 0.25) is 27.7 Å². The molecule has 1 aromatic rings. The van der Waals surface area contributed by atoms with Gasteiger partial charge >= 0.3 is 0 Å². The number of amides is 3. The number of benzene rings is 1. The minimum Gasteiger partial charge on any atom is -0.340 e. The first-order chi connectivity index (χ1) is 16.0. The summed E-state index contributed by atoms with van der Waals surface area (Å²) in [6, 6.07) is 2.00. The first-order valence-electron chi connectivity index (χ1n) is 11.9. The van der Waals surface area contributed by atoms with E-state index in [0.29, 0.717) is 17.7 Å². The van der Waals surface area contributed by atoms with Crippen LogP contribution in [0.4, 0.5) is 0 Å². The molecular weight excluding hydrogens is 454 g/mol. The number of fused-ring (bicyclic) bond motifs is 1. The molecule has 2 saturated heterocycles. The molecule has 1 aromatic carbocycles. The molecule has 2 aliphatic heterocycles. The molecule has 1 aliphatic carbocycles. The maximum Gasteiger partial charge on any atom is 0.243 e.